The van der Waals surface area contributed by atoms with E-state index in [4.69, 9.17) is 10.8 Å². The molecule has 0 fully saturated rings. The zero-order chi connectivity index (χ0) is 7.44. The van der Waals surface area contributed by atoms with Gasteiger partial charge in [0.15, 0.2) is 0 Å². The molecule has 10 heteroatoms. The monoisotopic (exact) mass is 228 g/mol. The molecular formula is C4H14MgNO8+. The molecule has 0 aromatic heterocycles. The van der Waals surface area contributed by atoms with Crippen molar-refractivity contribution in [2.24, 2.45) is 5.73 Å². The van der Waals surface area contributed by atoms with Gasteiger partial charge in [0.1, 0.15) is 6.04 Å². The van der Waals surface area contributed by atoms with Crippen LogP contribution in [0, 0.1) is 0 Å². The fourth-order valence-electron chi connectivity index (χ4n) is 0.267. The van der Waals surface area contributed by atoms with E-state index in [0.29, 0.717) is 0 Å². The number of carboxylic acids is 2. The third-order valence-electron chi connectivity index (χ3n) is 0.704. The van der Waals surface area contributed by atoms with E-state index in [1.165, 1.54) is 0 Å². The van der Waals surface area contributed by atoms with Gasteiger partial charge in [0.05, 0.1) is 0 Å². The molecule has 0 rings (SSSR count). The van der Waals surface area contributed by atoms with Crippen molar-refractivity contribution >= 4 is 35.0 Å². The molecule has 1 unspecified atom stereocenters. The SMILES string of the molecule is NC(CC(=O)[O-])C(=O)O.O.O.O.O.[Mg+2]. The molecule has 0 radical (unpaired) electrons. The molecule has 0 aliphatic carbocycles. The van der Waals surface area contributed by atoms with Crippen LogP contribution in [-0.2, 0) is 9.59 Å². The summed E-state index contributed by atoms with van der Waals surface area (Å²) in [6.07, 6.45) is -0.644. The van der Waals surface area contributed by atoms with E-state index in [9.17, 15) is 14.7 Å². The molecule has 1 atom stereocenters. The number of hydrogen-bond donors (Lipinski definition) is 2. The molecule has 0 bridgehead atoms. The molecule has 0 saturated heterocycles. The second-order valence-electron chi connectivity index (χ2n) is 1.52. The normalized spacial score (nSPS) is 8.07. The van der Waals surface area contributed by atoms with Crippen LogP contribution >= 0.6 is 0 Å². The van der Waals surface area contributed by atoms with Crippen LogP contribution in [0.2, 0.25) is 0 Å². The first kappa shape index (κ1) is 37.5. The summed E-state index contributed by atoms with van der Waals surface area (Å²) in [4.78, 5) is 19.5. The Bertz CT molecular complexity index is 141. The Balaban J connectivity index is -0.0000000320. The first-order valence-electron chi connectivity index (χ1n) is 2.22. The van der Waals surface area contributed by atoms with Crippen LogP contribution in [0.1, 0.15) is 6.42 Å². The zero-order valence-electron chi connectivity index (χ0n) is 7.24. The fourth-order valence-corrected chi connectivity index (χ4v) is 0.267. The molecule has 0 aromatic carbocycles. The number of carbonyl (C=O) groups excluding carboxylic acids is 1. The maximum atomic E-state index is 9.82. The summed E-state index contributed by atoms with van der Waals surface area (Å²) >= 11 is 0. The number of nitrogens with two attached hydrogens (primary N) is 1. The third-order valence-corrected chi connectivity index (χ3v) is 0.704. The van der Waals surface area contributed by atoms with Crippen LogP contribution in [0.3, 0.4) is 0 Å². The van der Waals surface area contributed by atoms with Crippen molar-refractivity contribution in [3.63, 3.8) is 0 Å². The number of hydrogen-bond acceptors (Lipinski definition) is 4. The fraction of sp³-hybridized carbons (Fsp3) is 0.500. The number of carbonyl (C=O) groups is 2. The van der Waals surface area contributed by atoms with Crippen LogP contribution in [0.5, 0.6) is 0 Å². The predicted molar refractivity (Wildman–Crippen MR) is 45.4 cm³/mol. The van der Waals surface area contributed by atoms with E-state index in [1.807, 2.05) is 0 Å². The molecule has 84 valence electrons. The van der Waals surface area contributed by atoms with Gasteiger partial charge in [-0.3, -0.25) is 4.79 Å². The van der Waals surface area contributed by atoms with Crippen LogP contribution in [-0.4, -0.2) is 68.0 Å². The smallest absolute Gasteiger partial charge is 0.550 e. The number of carboxylic acid groups (broad SMARTS) is 2. The Hall–Kier alpha value is -0.494. The molecule has 0 heterocycles. The van der Waals surface area contributed by atoms with Crippen LogP contribution in [0.25, 0.3) is 0 Å². The minimum atomic E-state index is -1.45. The van der Waals surface area contributed by atoms with Gasteiger partial charge < -0.3 is 42.6 Å². The molecule has 11 N–H and O–H groups in total. The van der Waals surface area contributed by atoms with Gasteiger partial charge in [-0.05, 0) is 0 Å². The molecular weight excluding hydrogens is 214 g/mol. The minimum absolute atomic E-state index is 0. The standard InChI is InChI=1S/C4H7NO4.Mg.4H2O/c5-2(4(8)9)1-3(6)7;;;;;/h2H,1,5H2,(H,6,7)(H,8,9);;4*1H2/q;+2;;;;/p-1. The molecule has 0 aromatic rings. The van der Waals surface area contributed by atoms with Crippen LogP contribution in [0.15, 0.2) is 0 Å². The second kappa shape index (κ2) is 18.3. The van der Waals surface area contributed by atoms with Gasteiger partial charge in [0, 0.05) is 12.4 Å². The molecule has 0 amide bonds. The van der Waals surface area contributed by atoms with Crippen molar-refractivity contribution in [3.8, 4) is 0 Å². The van der Waals surface area contributed by atoms with Gasteiger partial charge in [-0.25, -0.2) is 0 Å². The third kappa shape index (κ3) is 22.5. The summed E-state index contributed by atoms with van der Waals surface area (Å²) in [6, 6.07) is -1.35. The quantitative estimate of drug-likeness (QED) is 0.447. The van der Waals surface area contributed by atoms with Gasteiger partial charge in [-0.2, -0.15) is 0 Å². The van der Waals surface area contributed by atoms with Crippen LogP contribution in [0.4, 0.5) is 0 Å². The molecule has 0 saturated carbocycles. The largest absolute Gasteiger partial charge is 2.00 e. The first-order valence-corrected chi connectivity index (χ1v) is 2.22. The second-order valence-corrected chi connectivity index (χ2v) is 1.52. The first-order chi connectivity index (χ1) is 4.04. The van der Waals surface area contributed by atoms with E-state index in [-0.39, 0.29) is 45.0 Å². The molecule has 0 spiro atoms. The molecule has 0 aliphatic heterocycles. The van der Waals surface area contributed by atoms with E-state index < -0.39 is 24.4 Å². The van der Waals surface area contributed by atoms with E-state index in [2.05, 4.69) is 0 Å². The molecule has 0 aliphatic rings. The summed E-state index contributed by atoms with van der Waals surface area (Å²) in [6.45, 7) is 0. The molecule has 9 nitrogen and oxygen atoms in total. The topological polar surface area (TPSA) is 229 Å². The Kier molecular flexibility index (Phi) is 49.1. The van der Waals surface area contributed by atoms with Crippen molar-refractivity contribution in [1.82, 2.24) is 0 Å². The summed E-state index contributed by atoms with van der Waals surface area (Å²) in [5, 5.41) is 17.7. The van der Waals surface area contributed by atoms with Gasteiger partial charge in [-0.1, -0.05) is 0 Å². The van der Waals surface area contributed by atoms with Crippen molar-refractivity contribution in [2.75, 3.05) is 0 Å². The van der Waals surface area contributed by atoms with Crippen molar-refractivity contribution in [3.05, 3.63) is 0 Å². The zero-order valence-corrected chi connectivity index (χ0v) is 8.66. The van der Waals surface area contributed by atoms with Gasteiger partial charge in [0.2, 0.25) is 0 Å². The summed E-state index contributed by atoms with van der Waals surface area (Å²) in [5.41, 5.74) is 4.80. The van der Waals surface area contributed by atoms with Gasteiger partial charge in [0.25, 0.3) is 0 Å². The maximum absolute atomic E-state index is 9.82. The van der Waals surface area contributed by atoms with Crippen molar-refractivity contribution < 1.29 is 41.7 Å². The number of aliphatic carboxylic acids is 2. The summed E-state index contributed by atoms with van der Waals surface area (Å²) in [5.74, 6) is -2.79. The van der Waals surface area contributed by atoms with Gasteiger partial charge >= 0.3 is 29.0 Å². The molecule has 14 heavy (non-hydrogen) atoms. The summed E-state index contributed by atoms with van der Waals surface area (Å²) in [7, 11) is 0. The van der Waals surface area contributed by atoms with Crippen LogP contribution < -0.4 is 10.8 Å². The predicted octanol–water partition coefficient (Wildman–Crippen LogP) is -6.14. The Morgan fingerprint density at radius 1 is 1.21 bits per heavy atom. The Morgan fingerprint density at radius 3 is 1.57 bits per heavy atom. The average Bonchev–Trinajstić information content (AvgIpc) is 1.63. The maximum Gasteiger partial charge on any atom is 2.00 e. The minimum Gasteiger partial charge on any atom is -0.550 e. The van der Waals surface area contributed by atoms with E-state index in [0.717, 1.165) is 0 Å². The van der Waals surface area contributed by atoms with E-state index >= 15 is 0 Å². The van der Waals surface area contributed by atoms with Crippen molar-refractivity contribution in [2.45, 2.75) is 12.5 Å². The Labute approximate surface area is 95.3 Å². The van der Waals surface area contributed by atoms with Crippen molar-refractivity contribution in [1.29, 1.82) is 0 Å². The van der Waals surface area contributed by atoms with E-state index in [1.54, 1.807) is 0 Å². The number of rotatable bonds is 3. The summed E-state index contributed by atoms with van der Waals surface area (Å²) < 4.78 is 0. The van der Waals surface area contributed by atoms with Gasteiger partial charge in [-0.15, -0.1) is 0 Å². The average molecular weight is 228 g/mol. The Morgan fingerprint density at radius 2 is 1.50 bits per heavy atom.